The molecule has 1 aliphatic heterocycles. The zero-order chi connectivity index (χ0) is 20.1. The third kappa shape index (κ3) is 4.60. The first-order valence-corrected chi connectivity index (χ1v) is 9.54. The molecule has 1 aromatic carbocycles. The SMILES string of the molecule is COCC(=O)N[C@@H]1CCCC[C@]12CN(Cc1cc(O)ccc1[N+](=O)[O-])CCO2. The molecule has 154 valence electrons. The number of ether oxygens (including phenoxy) is 2. The van der Waals surface area contributed by atoms with Crippen LogP contribution in [-0.2, 0) is 20.8 Å². The first-order valence-electron chi connectivity index (χ1n) is 9.54. The van der Waals surface area contributed by atoms with Crippen LogP contribution in [0.3, 0.4) is 0 Å². The number of nitro benzene ring substituents is 1. The summed E-state index contributed by atoms with van der Waals surface area (Å²) in [7, 11) is 1.48. The number of phenolic OH excluding ortho intramolecular Hbond substituents is 1. The summed E-state index contributed by atoms with van der Waals surface area (Å²) in [6.45, 7) is 2.04. The average molecular weight is 393 g/mol. The minimum Gasteiger partial charge on any atom is -0.508 e. The van der Waals surface area contributed by atoms with Gasteiger partial charge in [0.1, 0.15) is 18.0 Å². The molecular formula is C19H27N3O6. The maximum Gasteiger partial charge on any atom is 0.274 e. The third-order valence-electron chi connectivity index (χ3n) is 5.53. The number of phenols is 1. The van der Waals surface area contributed by atoms with E-state index in [0.29, 0.717) is 31.8 Å². The van der Waals surface area contributed by atoms with E-state index in [-0.39, 0.29) is 30.0 Å². The number of amides is 1. The highest BCUT2D eigenvalue weighted by Gasteiger charge is 2.46. The molecule has 1 aliphatic carbocycles. The van der Waals surface area contributed by atoms with Crippen LogP contribution in [0.1, 0.15) is 31.2 Å². The molecule has 0 bridgehead atoms. The first-order chi connectivity index (χ1) is 13.4. The molecule has 1 saturated carbocycles. The van der Waals surface area contributed by atoms with Crippen molar-refractivity contribution in [3.63, 3.8) is 0 Å². The van der Waals surface area contributed by atoms with E-state index >= 15 is 0 Å². The van der Waals surface area contributed by atoms with Crippen LogP contribution in [0.5, 0.6) is 5.75 Å². The maximum absolute atomic E-state index is 12.1. The predicted molar refractivity (Wildman–Crippen MR) is 101 cm³/mol. The summed E-state index contributed by atoms with van der Waals surface area (Å²) < 4.78 is 11.1. The summed E-state index contributed by atoms with van der Waals surface area (Å²) in [5.41, 5.74) is -0.0457. The summed E-state index contributed by atoms with van der Waals surface area (Å²) >= 11 is 0. The van der Waals surface area contributed by atoms with Crippen molar-refractivity contribution in [1.29, 1.82) is 0 Å². The molecule has 1 aromatic rings. The van der Waals surface area contributed by atoms with Crippen molar-refractivity contribution in [3.05, 3.63) is 33.9 Å². The molecule has 0 unspecified atom stereocenters. The molecule has 0 aromatic heterocycles. The quantitative estimate of drug-likeness (QED) is 0.557. The van der Waals surface area contributed by atoms with E-state index in [1.165, 1.54) is 25.3 Å². The minimum absolute atomic E-state index is 0.00550. The van der Waals surface area contributed by atoms with Crippen molar-refractivity contribution < 1.29 is 24.3 Å². The Bertz CT molecular complexity index is 724. The molecule has 3 rings (SSSR count). The second-order valence-electron chi connectivity index (χ2n) is 7.49. The number of carbonyl (C=O) groups excluding carboxylic acids is 1. The molecule has 1 saturated heterocycles. The zero-order valence-corrected chi connectivity index (χ0v) is 16.1. The summed E-state index contributed by atoms with van der Waals surface area (Å²) in [5, 5.41) is 24.1. The number of morpholine rings is 1. The van der Waals surface area contributed by atoms with Crippen LogP contribution in [0.2, 0.25) is 0 Å². The lowest BCUT2D eigenvalue weighted by Crippen LogP contribution is -2.64. The highest BCUT2D eigenvalue weighted by molar-refractivity contribution is 5.77. The van der Waals surface area contributed by atoms with Crippen molar-refractivity contribution >= 4 is 11.6 Å². The number of methoxy groups -OCH3 is 1. The number of carbonyl (C=O) groups is 1. The smallest absolute Gasteiger partial charge is 0.274 e. The standard InChI is InChI=1S/C19H27N3O6/c1-27-12-18(24)20-17-4-2-3-7-19(17)13-21(8-9-28-19)11-14-10-15(23)5-6-16(14)22(25)26/h5-6,10,17,23H,2-4,7-9,11-13H2,1H3,(H,20,24)/t17-,19+/m1/s1. The highest BCUT2D eigenvalue weighted by atomic mass is 16.6. The normalized spacial score (nSPS) is 25.5. The number of rotatable bonds is 6. The van der Waals surface area contributed by atoms with E-state index in [0.717, 1.165) is 25.7 Å². The van der Waals surface area contributed by atoms with Crippen molar-refractivity contribution in [3.8, 4) is 5.75 Å². The number of hydrogen-bond donors (Lipinski definition) is 2. The van der Waals surface area contributed by atoms with Gasteiger partial charge in [0.2, 0.25) is 5.91 Å². The number of hydrogen-bond acceptors (Lipinski definition) is 7. The van der Waals surface area contributed by atoms with Crippen molar-refractivity contribution in [2.24, 2.45) is 0 Å². The predicted octanol–water partition coefficient (Wildman–Crippen LogP) is 1.58. The largest absolute Gasteiger partial charge is 0.508 e. The summed E-state index contributed by atoms with van der Waals surface area (Å²) in [6, 6.07) is 3.98. The fraction of sp³-hybridized carbons (Fsp3) is 0.632. The van der Waals surface area contributed by atoms with E-state index in [9.17, 15) is 20.0 Å². The fourth-order valence-electron chi connectivity index (χ4n) is 4.28. The first kappa shape index (κ1) is 20.5. The lowest BCUT2D eigenvalue weighted by Gasteiger charge is -2.49. The molecule has 1 amide bonds. The van der Waals surface area contributed by atoms with Gasteiger partial charge in [0.15, 0.2) is 0 Å². The third-order valence-corrected chi connectivity index (χ3v) is 5.53. The van der Waals surface area contributed by atoms with Crippen LogP contribution in [0.25, 0.3) is 0 Å². The molecule has 1 spiro atoms. The Hall–Kier alpha value is -2.23. The van der Waals surface area contributed by atoms with Crippen molar-refractivity contribution in [2.75, 3.05) is 33.4 Å². The number of benzene rings is 1. The molecule has 2 aliphatic rings. The van der Waals surface area contributed by atoms with E-state index in [1.54, 1.807) is 0 Å². The Morgan fingerprint density at radius 1 is 1.50 bits per heavy atom. The van der Waals surface area contributed by atoms with Gasteiger partial charge < -0.3 is 19.9 Å². The van der Waals surface area contributed by atoms with Gasteiger partial charge in [-0.25, -0.2) is 0 Å². The van der Waals surface area contributed by atoms with Gasteiger partial charge in [0.25, 0.3) is 5.69 Å². The molecule has 28 heavy (non-hydrogen) atoms. The van der Waals surface area contributed by atoms with E-state index in [2.05, 4.69) is 10.2 Å². The lowest BCUT2D eigenvalue weighted by atomic mass is 9.78. The highest BCUT2D eigenvalue weighted by Crippen LogP contribution is 2.36. The van der Waals surface area contributed by atoms with Gasteiger partial charge in [-0.2, -0.15) is 0 Å². The lowest BCUT2D eigenvalue weighted by molar-refractivity contribution is -0.385. The van der Waals surface area contributed by atoms with Gasteiger partial charge in [0, 0.05) is 38.4 Å². The van der Waals surface area contributed by atoms with E-state index < -0.39 is 10.5 Å². The minimum atomic E-state index is -0.508. The molecule has 2 fully saturated rings. The van der Waals surface area contributed by atoms with E-state index in [1.807, 2.05) is 0 Å². The Morgan fingerprint density at radius 3 is 3.07 bits per heavy atom. The zero-order valence-electron chi connectivity index (χ0n) is 16.1. The number of nitrogens with one attached hydrogen (secondary N) is 1. The maximum atomic E-state index is 12.1. The Morgan fingerprint density at radius 2 is 2.32 bits per heavy atom. The van der Waals surface area contributed by atoms with Gasteiger partial charge in [0.05, 0.1) is 17.6 Å². The van der Waals surface area contributed by atoms with Crippen LogP contribution in [0, 0.1) is 10.1 Å². The topological polar surface area (TPSA) is 114 Å². The Kier molecular flexibility index (Phi) is 6.48. The second kappa shape index (κ2) is 8.85. The monoisotopic (exact) mass is 393 g/mol. The average Bonchev–Trinajstić information content (AvgIpc) is 2.64. The molecule has 1 heterocycles. The summed E-state index contributed by atoms with van der Waals surface area (Å²) in [5.74, 6) is -0.163. The molecule has 9 nitrogen and oxygen atoms in total. The molecule has 0 radical (unpaired) electrons. The van der Waals surface area contributed by atoms with Crippen molar-refractivity contribution in [2.45, 2.75) is 43.9 Å². The number of aromatic hydroxyl groups is 1. The van der Waals surface area contributed by atoms with Crippen LogP contribution in [0.4, 0.5) is 5.69 Å². The summed E-state index contributed by atoms with van der Waals surface area (Å²) in [4.78, 5) is 25.1. The second-order valence-corrected chi connectivity index (χ2v) is 7.49. The van der Waals surface area contributed by atoms with Crippen LogP contribution in [0.15, 0.2) is 18.2 Å². The number of nitro groups is 1. The molecule has 2 N–H and O–H groups in total. The van der Waals surface area contributed by atoms with Crippen LogP contribution in [-0.4, -0.2) is 65.9 Å². The van der Waals surface area contributed by atoms with Gasteiger partial charge in [-0.1, -0.05) is 12.8 Å². The van der Waals surface area contributed by atoms with Crippen molar-refractivity contribution in [1.82, 2.24) is 10.2 Å². The summed E-state index contributed by atoms with van der Waals surface area (Å²) in [6.07, 6.45) is 3.68. The van der Waals surface area contributed by atoms with Gasteiger partial charge in [-0.15, -0.1) is 0 Å². The molecule has 9 heteroatoms. The Labute approximate surface area is 163 Å². The van der Waals surface area contributed by atoms with Gasteiger partial charge in [-0.3, -0.25) is 19.8 Å². The van der Waals surface area contributed by atoms with E-state index in [4.69, 9.17) is 9.47 Å². The Balaban J connectivity index is 1.76. The van der Waals surface area contributed by atoms with Crippen LogP contribution < -0.4 is 5.32 Å². The molecular weight excluding hydrogens is 366 g/mol. The molecule has 2 atom stereocenters. The van der Waals surface area contributed by atoms with Crippen LogP contribution >= 0.6 is 0 Å². The number of nitrogens with zero attached hydrogens (tertiary/aromatic N) is 2. The van der Waals surface area contributed by atoms with Gasteiger partial charge in [-0.05, 0) is 25.0 Å². The fourth-order valence-corrected chi connectivity index (χ4v) is 4.28. The van der Waals surface area contributed by atoms with Gasteiger partial charge >= 0.3 is 0 Å².